The Morgan fingerprint density at radius 1 is 1.28 bits per heavy atom. The molecule has 0 saturated carbocycles. The predicted octanol–water partition coefficient (Wildman–Crippen LogP) is 1.26. The molecule has 100 valence electrons. The zero-order valence-electron chi connectivity index (χ0n) is 10.5. The van der Waals surface area contributed by atoms with Gasteiger partial charge in [-0.05, 0) is 25.1 Å². The number of carbonyl (C=O) groups is 1. The van der Waals surface area contributed by atoms with E-state index in [9.17, 15) is 4.79 Å². The summed E-state index contributed by atoms with van der Waals surface area (Å²) < 4.78 is 5.33. The first-order valence-electron chi connectivity index (χ1n) is 6.43. The Hall–Kier alpha value is -1.33. The highest BCUT2D eigenvalue weighted by Gasteiger charge is 2.17. The van der Waals surface area contributed by atoms with Crippen molar-refractivity contribution in [2.45, 2.75) is 19.4 Å². The molecule has 0 radical (unpaired) electrons. The third-order valence-corrected chi connectivity index (χ3v) is 3.29. The van der Waals surface area contributed by atoms with Gasteiger partial charge in [0.05, 0.1) is 12.8 Å². The maximum atomic E-state index is 10.4. The number of nitrogens with zero attached hydrogens (tertiary/aromatic N) is 2. The second kappa shape index (κ2) is 6.56. The number of furan rings is 1. The summed E-state index contributed by atoms with van der Waals surface area (Å²) in [5.41, 5.74) is 0. The number of rotatable bonds is 6. The molecule has 5 heteroatoms. The van der Waals surface area contributed by atoms with E-state index >= 15 is 0 Å². The first-order chi connectivity index (χ1) is 8.74. The largest absolute Gasteiger partial charge is 0.481 e. The van der Waals surface area contributed by atoms with Crippen LogP contribution >= 0.6 is 0 Å². The lowest BCUT2D eigenvalue weighted by Gasteiger charge is -2.34. The van der Waals surface area contributed by atoms with Crippen molar-refractivity contribution in [3.05, 3.63) is 24.2 Å². The van der Waals surface area contributed by atoms with Crippen LogP contribution in [-0.4, -0.2) is 53.6 Å². The Labute approximate surface area is 107 Å². The van der Waals surface area contributed by atoms with E-state index in [0.717, 1.165) is 51.4 Å². The average Bonchev–Trinajstić information content (AvgIpc) is 2.84. The SMILES string of the molecule is O=C(O)CCCN1CCN(Cc2ccco2)CC1. The molecule has 1 fully saturated rings. The monoisotopic (exact) mass is 252 g/mol. The number of aliphatic carboxylic acids is 1. The van der Waals surface area contributed by atoms with Crippen molar-refractivity contribution >= 4 is 5.97 Å². The minimum atomic E-state index is -0.702. The van der Waals surface area contributed by atoms with Crippen LogP contribution in [0.1, 0.15) is 18.6 Å². The summed E-state index contributed by atoms with van der Waals surface area (Å²) in [7, 11) is 0. The number of carboxylic acid groups (broad SMARTS) is 1. The maximum absolute atomic E-state index is 10.4. The molecule has 1 saturated heterocycles. The minimum Gasteiger partial charge on any atom is -0.481 e. The van der Waals surface area contributed by atoms with Gasteiger partial charge in [-0.1, -0.05) is 0 Å². The van der Waals surface area contributed by atoms with Crippen molar-refractivity contribution in [3.63, 3.8) is 0 Å². The van der Waals surface area contributed by atoms with Gasteiger partial charge in [-0.2, -0.15) is 0 Å². The van der Waals surface area contributed by atoms with Gasteiger partial charge in [-0.25, -0.2) is 0 Å². The lowest BCUT2D eigenvalue weighted by atomic mass is 10.2. The van der Waals surface area contributed by atoms with Gasteiger partial charge in [-0.3, -0.25) is 9.69 Å². The summed E-state index contributed by atoms with van der Waals surface area (Å²) in [5.74, 6) is 0.306. The van der Waals surface area contributed by atoms with E-state index in [0.29, 0.717) is 0 Å². The molecule has 5 nitrogen and oxygen atoms in total. The van der Waals surface area contributed by atoms with Crippen molar-refractivity contribution in [1.82, 2.24) is 9.80 Å². The molecule has 18 heavy (non-hydrogen) atoms. The minimum absolute atomic E-state index is 0.270. The van der Waals surface area contributed by atoms with Crippen molar-refractivity contribution in [3.8, 4) is 0 Å². The molecule has 2 rings (SSSR count). The second-order valence-electron chi connectivity index (χ2n) is 4.69. The van der Waals surface area contributed by atoms with Crippen molar-refractivity contribution < 1.29 is 14.3 Å². The molecular formula is C13H20N2O3. The standard InChI is InChI=1S/C13H20N2O3/c16-13(17)4-1-5-14-6-8-15(9-7-14)11-12-3-2-10-18-12/h2-3,10H,1,4-9,11H2,(H,16,17). The molecule has 0 spiro atoms. The summed E-state index contributed by atoms with van der Waals surface area (Å²) in [6.45, 7) is 5.83. The molecule has 0 bridgehead atoms. The van der Waals surface area contributed by atoms with E-state index in [1.165, 1.54) is 0 Å². The third-order valence-electron chi connectivity index (χ3n) is 3.29. The summed E-state index contributed by atoms with van der Waals surface area (Å²) in [6.07, 6.45) is 2.72. The normalized spacial score (nSPS) is 18.0. The Bertz CT molecular complexity index is 356. The molecule has 1 aromatic heterocycles. The Kier molecular flexibility index (Phi) is 4.78. The first-order valence-corrected chi connectivity index (χ1v) is 6.43. The molecule has 1 aliphatic heterocycles. The quantitative estimate of drug-likeness (QED) is 0.826. The van der Waals surface area contributed by atoms with E-state index < -0.39 is 5.97 Å². The van der Waals surface area contributed by atoms with Gasteiger partial charge in [0.2, 0.25) is 0 Å². The Morgan fingerprint density at radius 2 is 2.00 bits per heavy atom. The van der Waals surface area contributed by atoms with E-state index in [2.05, 4.69) is 9.80 Å². The van der Waals surface area contributed by atoms with Crippen LogP contribution < -0.4 is 0 Å². The number of hydrogen-bond acceptors (Lipinski definition) is 4. The molecule has 0 aliphatic carbocycles. The van der Waals surface area contributed by atoms with Gasteiger partial charge in [0, 0.05) is 32.6 Å². The number of piperazine rings is 1. The second-order valence-corrected chi connectivity index (χ2v) is 4.69. The highest BCUT2D eigenvalue weighted by Crippen LogP contribution is 2.09. The molecule has 0 amide bonds. The van der Waals surface area contributed by atoms with E-state index in [-0.39, 0.29) is 6.42 Å². The van der Waals surface area contributed by atoms with Crippen LogP contribution in [0, 0.1) is 0 Å². The lowest BCUT2D eigenvalue weighted by molar-refractivity contribution is -0.137. The highest BCUT2D eigenvalue weighted by molar-refractivity contribution is 5.66. The molecule has 0 aromatic carbocycles. The number of hydrogen-bond donors (Lipinski definition) is 1. The molecule has 1 N–H and O–H groups in total. The fraction of sp³-hybridized carbons (Fsp3) is 0.615. The maximum Gasteiger partial charge on any atom is 0.303 e. The van der Waals surface area contributed by atoms with Gasteiger partial charge in [0.25, 0.3) is 0 Å². The fourth-order valence-electron chi connectivity index (χ4n) is 2.25. The van der Waals surface area contributed by atoms with Crippen LogP contribution in [0.15, 0.2) is 22.8 Å². The van der Waals surface area contributed by atoms with Gasteiger partial charge in [0.15, 0.2) is 0 Å². The van der Waals surface area contributed by atoms with E-state index in [1.54, 1.807) is 6.26 Å². The zero-order valence-corrected chi connectivity index (χ0v) is 10.5. The van der Waals surface area contributed by atoms with Crippen LogP contribution in [0.5, 0.6) is 0 Å². The summed E-state index contributed by atoms with van der Waals surface area (Å²) in [4.78, 5) is 15.1. The molecular weight excluding hydrogens is 232 g/mol. The van der Waals surface area contributed by atoms with Crippen LogP contribution in [0.25, 0.3) is 0 Å². The molecule has 0 unspecified atom stereocenters. The summed E-state index contributed by atoms with van der Waals surface area (Å²) >= 11 is 0. The van der Waals surface area contributed by atoms with Gasteiger partial charge < -0.3 is 14.4 Å². The Morgan fingerprint density at radius 3 is 2.61 bits per heavy atom. The predicted molar refractivity (Wildman–Crippen MR) is 67.3 cm³/mol. The van der Waals surface area contributed by atoms with Gasteiger partial charge in [-0.15, -0.1) is 0 Å². The third kappa shape index (κ3) is 4.16. The summed E-state index contributed by atoms with van der Waals surface area (Å²) in [5, 5.41) is 8.59. The Balaban J connectivity index is 1.63. The topological polar surface area (TPSA) is 56.9 Å². The first kappa shape index (κ1) is 13.1. The molecule has 0 atom stereocenters. The summed E-state index contributed by atoms with van der Waals surface area (Å²) in [6, 6.07) is 3.91. The van der Waals surface area contributed by atoms with Crippen LogP contribution in [0.2, 0.25) is 0 Å². The highest BCUT2D eigenvalue weighted by atomic mass is 16.4. The van der Waals surface area contributed by atoms with Crippen LogP contribution in [0.4, 0.5) is 0 Å². The van der Waals surface area contributed by atoms with Crippen LogP contribution in [0.3, 0.4) is 0 Å². The molecule has 2 heterocycles. The van der Waals surface area contributed by atoms with E-state index in [4.69, 9.17) is 9.52 Å². The van der Waals surface area contributed by atoms with E-state index in [1.807, 2.05) is 12.1 Å². The van der Waals surface area contributed by atoms with Gasteiger partial charge in [0.1, 0.15) is 5.76 Å². The molecule has 1 aliphatic rings. The van der Waals surface area contributed by atoms with Crippen LogP contribution in [-0.2, 0) is 11.3 Å². The van der Waals surface area contributed by atoms with Crippen molar-refractivity contribution in [1.29, 1.82) is 0 Å². The van der Waals surface area contributed by atoms with Crippen molar-refractivity contribution in [2.24, 2.45) is 0 Å². The van der Waals surface area contributed by atoms with Gasteiger partial charge >= 0.3 is 5.97 Å². The van der Waals surface area contributed by atoms with Crippen molar-refractivity contribution in [2.75, 3.05) is 32.7 Å². The lowest BCUT2D eigenvalue weighted by Crippen LogP contribution is -2.46. The average molecular weight is 252 g/mol. The molecule has 1 aromatic rings. The fourth-order valence-corrected chi connectivity index (χ4v) is 2.25. The smallest absolute Gasteiger partial charge is 0.303 e. The zero-order chi connectivity index (χ0) is 12.8. The number of carboxylic acids is 1.